The smallest absolute Gasteiger partial charge is 0.321 e. The predicted octanol–water partition coefficient (Wildman–Crippen LogP) is 3.19. The highest BCUT2D eigenvalue weighted by molar-refractivity contribution is 5.90. The molecule has 1 atom stereocenters. The van der Waals surface area contributed by atoms with Crippen LogP contribution >= 0.6 is 0 Å². The van der Waals surface area contributed by atoms with Crippen LogP contribution in [0.5, 0.6) is 0 Å². The molecule has 1 fully saturated rings. The van der Waals surface area contributed by atoms with Gasteiger partial charge in [0, 0.05) is 37.6 Å². The number of amides is 2. The largest absolute Gasteiger partial charge is 0.371 e. The van der Waals surface area contributed by atoms with E-state index in [1.165, 1.54) is 17.0 Å². The van der Waals surface area contributed by atoms with Gasteiger partial charge in [-0.15, -0.1) is 0 Å². The van der Waals surface area contributed by atoms with Gasteiger partial charge in [0.2, 0.25) is 0 Å². The summed E-state index contributed by atoms with van der Waals surface area (Å²) in [6.07, 6.45) is 2.46. The highest BCUT2D eigenvalue weighted by Crippen LogP contribution is 2.25. The second-order valence-corrected chi connectivity index (χ2v) is 5.64. The fraction of sp³-hybridized carbons (Fsp3) is 0.500. The zero-order valence-corrected chi connectivity index (χ0v) is 13.0. The Labute approximate surface area is 130 Å². The number of nitrogens with one attached hydrogen (secondary N) is 1. The molecule has 0 bridgehead atoms. The van der Waals surface area contributed by atoms with E-state index in [1.807, 2.05) is 6.07 Å². The summed E-state index contributed by atoms with van der Waals surface area (Å²) in [4.78, 5) is 15.7. The Morgan fingerprint density at radius 2 is 2.14 bits per heavy atom. The molecule has 1 aliphatic heterocycles. The summed E-state index contributed by atoms with van der Waals surface area (Å²) in [5.74, 6) is -0.368. The average molecular weight is 304 g/mol. The molecule has 0 radical (unpaired) electrons. The molecule has 1 heterocycles. The van der Waals surface area contributed by atoms with Gasteiger partial charge in [-0.1, -0.05) is 0 Å². The fourth-order valence-corrected chi connectivity index (χ4v) is 2.49. The van der Waals surface area contributed by atoms with Crippen molar-refractivity contribution in [1.29, 1.82) is 5.26 Å². The molecule has 5 nitrogen and oxygen atoms in total. The molecule has 1 aromatic rings. The molecule has 2 amide bonds. The number of anilines is 2. The average Bonchev–Trinajstić information content (AvgIpc) is 3.00. The molecular weight excluding hydrogens is 283 g/mol. The molecule has 0 aliphatic carbocycles. The first kappa shape index (κ1) is 16.1. The monoisotopic (exact) mass is 304 g/mol. The number of carbonyl (C=O) groups is 1. The maximum absolute atomic E-state index is 13.8. The van der Waals surface area contributed by atoms with Crippen LogP contribution in [0.1, 0.15) is 26.2 Å². The second kappa shape index (κ2) is 7.12. The van der Waals surface area contributed by atoms with E-state index in [9.17, 15) is 9.18 Å². The van der Waals surface area contributed by atoms with E-state index < -0.39 is 0 Å². The lowest BCUT2D eigenvalue weighted by Crippen LogP contribution is -2.38. The minimum Gasteiger partial charge on any atom is -0.371 e. The van der Waals surface area contributed by atoms with Crippen LogP contribution in [0.4, 0.5) is 20.6 Å². The molecule has 1 aromatic carbocycles. The van der Waals surface area contributed by atoms with Crippen molar-refractivity contribution in [2.45, 2.75) is 32.2 Å². The van der Waals surface area contributed by atoms with E-state index in [1.54, 1.807) is 20.0 Å². The van der Waals surface area contributed by atoms with Gasteiger partial charge in [0.1, 0.15) is 5.82 Å². The third-order valence-corrected chi connectivity index (χ3v) is 3.97. The van der Waals surface area contributed by atoms with Crippen LogP contribution in [-0.2, 0) is 0 Å². The Morgan fingerprint density at radius 3 is 2.77 bits per heavy atom. The lowest BCUT2D eigenvalue weighted by Gasteiger charge is -2.24. The molecule has 0 spiro atoms. The van der Waals surface area contributed by atoms with Gasteiger partial charge in [-0.25, -0.2) is 9.18 Å². The Kier molecular flexibility index (Phi) is 5.21. The number of benzene rings is 1. The molecule has 1 saturated heterocycles. The summed E-state index contributed by atoms with van der Waals surface area (Å²) in [5, 5.41) is 11.4. The Hall–Kier alpha value is -2.29. The maximum atomic E-state index is 13.8. The third kappa shape index (κ3) is 3.88. The molecule has 0 aromatic heterocycles. The Bertz CT molecular complexity index is 578. The molecule has 22 heavy (non-hydrogen) atoms. The van der Waals surface area contributed by atoms with Gasteiger partial charge >= 0.3 is 6.03 Å². The summed E-state index contributed by atoms with van der Waals surface area (Å²) in [7, 11) is 1.62. The summed E-state index contributed by atoms with van der Waals surface area (Å²) < 4.78 is 13.8. The highest BCUT2D eigenvalue weighted by Gasteiger charge is 2.18. The van der Waals surface area contributed by atoms with E-state index in [0.29, 0.717) is 5.69 Å². The molecule has 0 unspecified atom stereocenters. The van der Waals surface area contributed by atoms with Crippen molar-refractivity contribution in [3.05, 3.63) is 24.0 Å². The van der Waals surface area contributed by atoms with Crippen LogP contribution in [0.25, 0.3) is 0 Å². The Balaban J connectivity index is 2.09. The molecular formula is C16H21FN4O. The fourth-order valence-electron chi connectivity index (χ4n) is 2.49. The first-order chi connectivity index (χ1) is 10.5. The number of carbonyl (C=O) groups excluding carboxylic acids is 1. The lowest BCUT2D eigenvalue weighted by atomic mass is 10.2. The lowest BCUT2D eigenvalue weighted by molar-refractivity contribution is 0.208. The van der Waals surface area contributed by atoms with Gasteiger partial charge in [-0.05, 0) is 38.0 Å². The summed E-state index contributed by atoms with van der Waals surface area (Å²) in [6, 6.07) is 6.07. The zero-order chi connectivity index (χ0) is 16.1. The number of nitrogens with zero attached hydrogens (tertiary/aromatic N) is 3. The van der Waals surface area contributed by atoms with E-state index in [-0.39, 0.29) is 24.3 Å². The molecule has 0 saturated carbocycles. The van der Waals surface area contributed by atoms with E-state index in [2.05, 4.69) is 10.2 Å². The van der Waals surface area contributed by atoms with Crippen LogP contribution in [0, 0.1) is 17.1 Å². The molecule has 118 valence electrons. The predicted molar refractivity (Wildman–Crippen MR) is 84.3 cm³/mol. The number of hydrogen-bond acceptors (Lipinski definition) is 3. The van der Waals surface area contributed by atoms with Crippen LogP contribution in [0.2, 0.25) is 0 Å². The van der Waals surface area contributed by atoms with Crippen LogP contribution in [-0.4, -0.2) is 37.1 Å². The van der Waals surface area contributed by atoms with Crippen molar-refractivity contribution in [3.63, 3.8) is 0 Å². The van der Waals surface area contributed by atoms with Gasteiger partial charge in [0.25, 0.3) is 0 Å². The molecule has 1 N–H and O–H groups in total. The van der Waals surface area contributed by atoms with Gasteiger partial charge in [0.05, 0.1) is 12.5 Å². The number of hydrogen-bond donors (Lipinski definition) is 1. The number of rotatable bonds is 4. The first-order valence-electron chi connectivity index (χ1n) is 7.47. The van der Waals surface area contributed by atoms with Gasteiger partial charge in [-0.2, -0.15) is 5.26 Å². The van der Waals surface area contributed by atoms with Gasteiger partial charge < -0.3 is 15.1 Å². The van der Waals surface area contributed by atoms with E-state index in [0.717, 1.165) is 31.6 Å². The SMILES string of the molecule is C[C@H](CC#N)N(C)C(=O)Nc1cc(F)cc(N2CCCC2)c1. The number of urea groups is 1. The standard InChI is InChI=1S/C16H21FN4O/c1-12(5-6-18)20(2)16(22)19-14-9-13(17)10-15(11-14)21-7-3-4-8-21/h9-12H,3-5,7-8H2,1-2H3,(H,19,22)/t12-/m1/s1. The van der Waals surface area contributed by atoms with Crippen LogP contribution in [0.15, 0.2) is 18.2 Å². The summed E-state index contributed by atoms with van der Waals surface area (Å²) >= 11 is 0. The minimum absolute atomic E-state index is 0.198. The Morgan fingerprint density at radius 1 is 1.45 bits per heavy atom. The van der Waals surface area contributed by atoms with Gasteiger partial charge in [0.15, 0.2) is 0 Å². The van der Waals surface area contributed by atoms with Crippen molar-refractivity contribution in [3.8, 4) is 6.07 Å². The number of halogens is 1. The van der Waals surface area contributed by atoms with E-state index in [4.69, 9.17) is 5.26 Å². The first-order valence-corrected chi connectivity index (χ1v) is 7.47. The second-order valence-electron chi connectivity index (χ2n) is 5.64. The summed E-state index contributed by atoms with van der Waals surface area (Å²) in [6.45, 7) is 3.62. The van der Waals surface area contributed by atoms with Crippen molar-refractivity contribution >= 4 is 17.4 Å². The minimum atomic E-state index is -0.368. The van der Waals surface area contributed by atoms with E-state index >= 15 is 0 Å². The highest BCUT2D eigenvalue weighted by atomic mass is 19.1. The van der Waals surface area contributed by atoms with Crippen LogP contribution in [0.3, 0.4) is 0 Å². The van der Waals surface area contributed by atoms with Crippen molar-refractivity contribution in [2.24, 2.45) is 0 Å². The van der Waals surface area contributed by atoms with Crippen molar-refractivity contribution in [1.82, 2.24) is 4.90 Å². The quantitative estimate of drug-likeness (QED) is 0.929. The summed E-state index contributed by atoms with van der Waals surface area (Å²) in [5.41, 5.74) is 1.23. The third-order valence-electron chi connectivity index (χ3n) is 3.97. The van der Waals surface area contributed by atoms with Crippen molar-refractivity contribution < 1.29 is 9.18 Å². The number of nitriles is 1. The topological polar surface area (TPSA) is 59.4 Å². The maximum Gasteiger partial charge on any atom is 0.321 e. The van der Waals surface area contributed by atoms with Crippen molar-refractivity contribution in [2.75, 3.05) is 30.4 Å². The molecule has 6 heteroatoms. The van der Waals surface area contributed by atoms with Crippen LogP contribution < -0.4 is 10.2 Å². The zero-order valence-electron chi connectivity index (χ0n) is 13.0. The normalized spacial score (nSPS) is 15.3. The van der Waals surface area contributed by atoms with Gasteiger partial charge in [-0.3, -0.25) is 0 Å². The molecule has 2 rings (SSSR count). The molecule has 1 aliphatic rings.